The van der Waals surface area contributed by atoms with Gasteiger partial charge in [-0.3, -0.25) is 4.68 Å². The van der Waals surface area contributed by atoms with Crippen molar-refractivity contribution in [2.45, 2.75) is 31.9 Å². The van der Waals surface area contributed by atoms with Crippen LogP contribution in [0, 0.1) is 0 Å². The van der Waals surface area contributed by atoms with Gasteiger partial charge in [0.25, 0.3) is 0 Å². The summed E-state index contributed by atoms with van der Waals surface area (Å²) in [5.74, 6) is 0.971. The van der Waals surface area contributed by atoms with Crippen LogP contribution in [0.3, 0.4) is 0 Å². The molecule has 0 unspecified atom stereocenters. The van der Waals surface area contributed by atoms with E-state index in [1.807, 2.05) is 19.3 Å². The van der Waals surface area contributed by atoms with Crippen molar-refractivity contribution in [3.05, 3.63) is 12.3 Å². The normalized spacial score (nSPS) is 28.1. The highest BCUT2D eigenvalue weighted by Crippen LogP contribution is 2.22. The predicted molar refractivity (Wildman–Crippen MR) is 55.3 cm³/mol. The zero-order chi connectivity index (χ0) is 10.1. The second-order valence-corrected chi connectivity index (χ2v) is 4.08. The second kappa shape index (κ2) is 3.61. The summed E-state index contributed by atoms with van der Waals surface area (Å²) in [6.45, 7) is 2.89. The third-order valence-corrected chi connectivity index (χ3v) is 2.85. The molecule has 0 aliphatic carbocycles. The molecule has 4 heteroatoms. The van der Waals surface area contributed by atoms with Crippen LogP contribution in [0.5, 0.6) is 0 Å². The van der Waals surface area contributed by atoms with Crippen molar-refractivity contribution in [2.75, 3.05) is 11.4 Å². The zero-order valence-corrected chi connectivity index (χ0v) is 8.72. The minimum absolute atomic E-state index is 0.201. The summed E-state index contributed by atoms with van der Waals surface area (Å²) in [6, 6.07) is 2.47. The van der Waals surface area contributed by atoms with E-state index >= 15 is 0 Å². The van der Waals surface area contributed by atoms with E-state index < -0.39 is 0 Å². The molecule has 2 atom stereocenters. The Bertz CT molecular complexity index is 310. The minimum atomic E-state index is -0.201. The SMILES string of the molecule is C[C@H]1CC[C@H](O)CN1c1ccn(C)n1. The molecule has 0 amide bonds. The smallest absolute Gasteiger partial charge is 0.150 e. The Kier molecular flexibility index (Phi) is 2.46. The van der Waals surface area contributed by atoms with Gasteiger partial charge in [0.2, 0.25) is 0 Å². The van der Waals surface area contributed by atoms with Crippen LogP contribution < -0.4 is 4.90 Å². The fourth-order valence-corrected chi connectivity index (χ4v) is 1.96. The molecule has 14 heavy (non-hydrogen) atoms. The Hall–Kier alpha value is -1.03. The van der Waals surface area contributed by atoms with E-state index in [1.54, 1.807) is 4.68 Å². The maximum atomic E-state index is 9.59. The number of anilines is 1. The highest BCUT2D eigenvalue weighted by Gasteiger charge is 2.25. The fraction of sp³-hybridized carbons (Fsp3) is 0.700. The van der Waals surface area contributed by atoms with E-state index in [4.69, 9.17) is 0 Å². The number of aromatic nitrogens is 2. The van der Waals surface area contributed by atoms with E-state index in [1.165, 1.54) is 0 Å². The number of aliphatic hydroxyl groups is 1. The Morgan fingerprint density at radius 2 is 2.29 bits per heavy atom. The van der Waals surface area contributed by atoms with Gasteiger partial charge in [0, 0.05) is 31.9 Å². The maximum absolute atomic E-state index is 9.59. The monoisotopic (exact) mass is 195 g/mol. The van der Waals surface area contributed by atoms with Gasteiger partial charge in [-0.15, -0.1) is 0 Å². The van der Waals surface area contributed by atoms with Gasteiger partial charge >= 0.3 is 0 Å². The molecule has 0 bridgehead atoms. The van der Waals surface area contributed by atoms with Gasteiger partial charge in [0.1, 0.15) is 0 Å². The van der Waals surface area contributed by atoms with Gasteiger partial charge in [-0.1, -0.05) is 0 Å². The molecule has 1 saturated heterocycles. The summed E-state index contributed by atoms with van der Waals surface area (Å²) in [5, 5.41) is 13.9. The van der Waals surface area contributed by atoms with E-state index in [0.29, 0.717) is 12.6 Å². The maximum Gasteiger partial charge on any atom is 0.150 e. The molecule has 1 N–H and O–H groups in total. The van der Waals surface area contributed by atoms with Crippen LogP contribution in [0.1, 0.15) is 19.8 Å². The van der Waals surface area contributed by atoms with Crippen molar-refractivity contribution in [3.63, 3.8) is 0 Å². The molecule has 0 spiro atoms. The van der Waals surface area contributed by atoms with Crippen molar-refractivity contribution < 1.29 is 5.11 Å². The number of piperidine rings is 1. The lowest BCUT2D eigenvalue weighted by atomic mass is 10.0. The lowest BCUT2D eigenvalue weighted by Crippen LogP contribution is -2.44. The van der Waals surface area contributed by atoms with Crippen LogP contribution >= 0.6 is 0 Å². The molecule has 78 valence electrons. The van der Waals surface area contributed by atoms with E-state index in [-0.39, 0.29) is 6.10 Å². The van der Waals surface area contributed by atoms with Gasteiger partial charge in [-0.2, -0.15) is 5.10 Å². The number of rotatable bonds is 1. The Balaban J connectivity index is 2.15. The Labute approximate surface area is 84.1 Å². The average Bonchev–Trinajstić information content (AvgIpc) is 2.56. The molecule has 1 fully saturated rings. The standard InChI is InChI=1S/C10H17N3O/c1-8-3-4-9(14)7-13(8)10-5-6-12(2)11-10/h5-6,8-9,14H,3-4,7H2,1-2H3/t8-,9-/m0/s1. The van der Waals surface area contributed by atoms with Gasteiger partial charge in [0.15, 0.2) is 5.82 Å². The lowest BCUT2D eigenvalue weighted by Gasteiger charge is -2.36. The molecular weight excluding hydrogens is 178 g/mol. The van der Waals surface area contributed by atoms with Crippen LogP contribution in [0.2, 0.25) is 0 Å². The number of hydrogen-bond donors (Lipinski definition) is 1. The number of hydrogen-bond acceptors (Lipinski definition) is 3. The third kappa shape index (κ3) is 1.75. The van der Waals surface area contributed by atoms with Crippen LogP contribution in [0.4, 0.5) is 5.82 Å². The third-order valence-electron chi connectivity index (χ3n) is 2.85. The number of nitrogens with zero attached hydrogens (tertiary/aromatic N) is 3. The first kappa shape index (κ1) is 9.52. The fourth-order valence-electron chi connectivity index (χ4n) is 1.96. The highest BCUT2D eigenvalue weighted by atomic mass is 16.3. The Morgan fingerprint density at radius 1 is 1.50 bits per heavy atom. The summed E-state index contributed by atoms with van der Waals surface area (Å²) < 4.78 is 1.79. The molecule has 0 saturated carbocycles. The first-order chi connectivity index (χ1) is 6.66. The molecule has 1 aliphatic heterocycles. The minimum Gasteiger partial charge on any atom is -0.391 e. The van der Waals surface area contributed by atoms with Crippen LogP contribution in [-0.2, 0) is 7.05 Å². The lowest BCUT2D eigenvalue weighted by molar-refractivity contribution is 0.143. The zero-order valence-electron chi connectivity index (χ0n) is 8.72. The van der Waals surface area contributed by atoms with Crippen molar-refractivity contribution in [3.8, 4) is 0 Å². The van der Waals surface area contributed by atoms with Crippen molar-refractivity contribution in [1.82, 2.24) is 9.78 Å². The van der Waals surface area contributed by atoms with E-state index in [9.17, 15) is 5.11 Å². The highest BCUT2D eigenvalue weighted by molar-refractivity contribution is 5.39. The number of aliphatic hydroxyl groups excluding tert-OH is 1. The molecule has 2 heterocycles. The van der Waals surface area contributed by atoms with E-state index in [2.05, 4.69) is 16.9 Å². The van der Waals surface area contributed by atoms with Crippen LogP contribution in [-0.4, -0.2) is 33.6 Å². The number of β-amino-alcohol motifs (C(OH)–C–C–N with tert-alkyl or cyclic N) is 1. The van der Waals surface area contributed by atoms with Gasteiger partial charge in [-0.25, -0.2) is 0 Å². The van der Waals surface area contributed by atoms with Crippen LogP contribution in [0.15, 0.2) is 12.3 Å². The summed E-state index contributed by atoms with van der Waals surface area (Å²) in [5.41, 5.74) is 0. The molecule has 4 nitrogen and oxygen atoms in total. The van der Waals surface area contributed by atoms with Gasteiger partial charge < -0.3 is 10.0 Å². The summed E-state index contributed by atoms with van der Waals surface area (Å²) >= 11 is 0. The summed E-state index contributed by atoms with van der Waals surface area (Å²) in [7, 11) is 1.91. The molecule has 1 aliphatic rings. The first-order valence-electron chi connectivity index (χ1n) is 5.11. The predicted octanol–water partition coefficient (Wildman–Crippen LogP) is 0.770. The van der Waals surface area contributed by atoms with Crippen LogP contribution in [0.25, 0.3) is 0 Å². The molecule has 0 radical (unpaired) electrons. The van der Waals surface area contributed by atoms with Crippen molar-refractivity contribution >= 4 is 5.82 Å². The molecule has 1 aromatic rings. The van der Waals surface area contributed by atoms with Gasteiger partial charge in [-0.05, 0) is 19.8 Å². The van der Waals surface area contributed by atoms with Crippen molar-refractivity contribution in [1.29, 1.82) is 0 Å². The molecular formula is C10H17N3O. The topological polar surface area (TPSA) is 41.3 Å². The van der Waals surface area contributed by atoms with E-state index in [0.717, 1.165) is 18.7 Å². The number of aryl methyl sites for hydroxylation is 1. The van der Waals surface area contributed by atoms with Crippen molar-refractivity contribution in [2.24, 2.45) is 7.05 Å². The summed E-state index contributed by atoms with van der Waals surface area (Å²) in [6.07, 6.45) is 3.68. The second-order valence-electron chi connectivity index (χ2n) is 4.08. The quantitative estimate of drug-likeness (QED) is 0.719. The summed E-state index contributed by atoms with van der Waals surface area (Å²) in [4.78, 5) is 2.17. The molecule has 1 aromatic heterocycles. The Morgan fingerprint density at radius 3 is 2.93 bits per heavy atom. The van der Waals surface area contributed by atoms with Gasteiger partial charge in [0.05, 0.1) is 6.10 Å². The average molecular weight is 195 g/mol. The largest absolute Gasteiger partial charge is 0.391 e. The first-order valence-corrected chi connectivity index (χ1v) is 5.11. The molecule has 0 aromatic carbocycles. The molecule has 2 rings (SSSR count).